The Balaban J connectivity index is 1.58. The van der Waals surface area contributed by atoms with E-state index in [0.717, 1.165) is 19.5 Å². The molecule has 4 aromatic rings. The molecule has 0 aliphatic carbocycles. The maximum atomic E-state index is 15.1. The third kappa shape index (κ3) is 6.85. The van der Waals surface area contributed by atoms with Crippen molar-refractivity contribution in [3.63, 3.8) is 0 Å². The quantitative estimate of drug-likeness (QED) is 0.219. The van der Waals surface area contributed by atoms with Gasteiger partial charge in [-0.25, -0.2) is 14.0 Å². The second kappa shape index (κ2) is 12.5. The number of aromatic amines is 1. The Morgan fingerprint density at radius 1 is 1.13 bits per heavy atom. The molecule has 1 amide bonds. The van der Waals surface area contributed by atoms with Crippen molar-refractivity contribution in [2.45, 2.75) is 46.6 Å². The van der Waals surface area contributed by atoms with E-state index in [4.69, 9.17) is 23.9 Å². The van der Waals surface area contributed by atoms with Gasteiger partial charge in [-0.3, -0.25) is 4.90 Å². The highest BCUT2D eigenvalue weighted by molar-refractivity contribution is 6.16. The zero-order valence-electron chi connectivity index (χ0n) is 26.1. The van der Waals surface area contributed by atoms with Gasteiger partial charge in [-0.1, -0.05) is 6.92 Å². The topological polar surface area (TPSA) is 143 Å². The molecule has 13 heteroatoms. The number of hydrogen-bond acceptors (Lipinski definition) is 10. The molecule has 0 atom stereocenters. The average Bonchev–Trinajstić information content (AvgIpc) is 3.32. The molecule has 3 heterocycles. The van der Waals surface area contributed by atoms with E-state index in [-0.39, 0.29) is 42.0 Å². The molecule has 1 saturated heterocycles. The predicted molar refractivity (Wildman–Crippen MR) is 165 cm³/mol. The number of halogens is 1. The fraction of sp³-hybridized carbons (Fsp3) is 0.406. The van der Waals surface area contributed by atoms with Crippen LogP contribution in [0.4, 0.5) is 20.7 Å². The minimum Gasteiger partial charge on any atom is -0.482 e. The number of carbonyl (C=O) groups excluding carboxylic acids is 2. The molecule has 0 bridgehead atoms. The number of hydrogen-bond donors (Lipinski definition) is 1. The lowest BCUT2D eigenvalue weighted by molar-refractivity contribution is -0.145. The molecule has 0 radical (unpaired) electrons. The van der Waals surface area contributed by atoms with Crippen LogP contribution in [-0.2, 0) is 14.3 Å². The summed E-state index contributed by atoms with van der Waals surface area (Å²) in [5, 5.41) is 10.6. The van der Waals surface area contributed by atoms with Crippen LogP contribution in [0.25, 0.3) is 21.9 Å². The third-order valence-corrected chi connectivity index (χ3v) is 7.21. The van der Waals surface area contributed by atoms with Crippen LogP contribution in [0, 0.1) is 23.1 Å². The van der Waals surface area contributed by atoms with Crippen molar-refractivity contribution in [3.8, 4) is 23.6 Å². The summed E-state index contributed by atoms with van der Waals surface area (Å²) in [7, 11) is 1.51. The fourth-order valence-corrected chi connectivity index (χ4v) is 5.00. The summed E-state index contributed by atoms with van der Waals surface area (Å²) in [5.41, 5.74) is 0.594. The largest absolute Gasteiger partial charge is 0.482 e. The van der Waals surface area contributed by atoms with Gasteiger partial charge in [-0.2, -0.15) is 15.2 Å². The van der Waals surface area contributed by atoms with Crippen LogP contribution in [0.5, 0.6) is 17.5 Å². The Morgan fingerprint density at radius 2 is 1.87 bits per heavy atom. The Morgan fingerprint density at radius 3 is 2.53 bits per heavy atom. The Labute approximate surface area is 259 Å². The Bertz CT molecular complexity index is 1800. The van der Waals surface area contributed by atoms with Gasteiger partial charge in [0.05, 0.1) is 34.8 Å². The molecule has 1 fully saturated rings. The maximum Gasteiger partial charge on any atom is 0.414 e. The van der Waals surface area contributed by atoms with Crippen LogP contribution < -0.4 is 19.3 Å². The number of H-pyrrole nitrogens is 1. The Kier molecular flexibility index (Phi) is 8.68. The second-order valence-electron chi connectivity index (χ2n) is 11.7. The van der Waals surface area contributed by atoms with E-state index in [1.807, 2.05) is 6.07 Å². The normalized spacial score (nSPS) is 13.3. The zero-order valence-corrected chi connectivity index (χ0v) is 26.1. The summed E-state index contributed by atoms with van der Waals surface area (Å²) >= 11 is 0. The van der Waals surface area contributed by atoms with Crippen molar-refractivity contribution in [2.75, 3.05) is 43.2 Å². The summed E-state index contributed by atoms with van der Waals surface area (Å²) < 4.78 is 37.1. The smallest absolute Gasteiger partial charge is 0.414 e. The molecule has 236 valence electrons. The lowest BCUT2D eigenvalue weighted by Gasteiger charge is -2.40. The summed E-state index contributed by atoms with van der Waals surface area (Å²) in [6.07, 6.45) is 0.354. The second-order valence-corrected chi connectivity index (χ2v) is 11.7. The number of nitrogens with one attached hydrogen (secondary N) is 1. The number of anilines is 2. The molecule has 0 saturated carbocycles. The van der Waals surface area contributed by atoms with Crippen molar-refractivity contribution in [1.29, 1.82) is 5.26 Å². The molecule has 1 aliphatic heterocycles. The third-order valence-electron chi connectivity index (χ3n) is 7.21. The Hall–Kier alpha value is -5.12. The highest BCUT2D eigenvalue weighted by Crippen LogP contribution is 2.40. The minimum atomic E-state index is -0.747. The minimum absolute atomic E-state index is 0.0297. The van der Waals surface area contributed by atoms with Gasteiger partial charge < -0.3 is 28.8 Å². The number of amides is 1. The number of esters is 1. The predicted octanol–water partition coefficient (Wildman–Crippen LogP) is 6.07. The molecule has 0 spiro atoms. The van der Waals surface area contributed by atoms with Crippen molar-refractivity contribution in [1.82, 2.24) is 15.0 Å². The molecule has 45 heavy (non-hydrogen) atoms. The number of nitrogens with zero attached hydrogens (tertiary/aromatic N) is 5. The monoisotopic (exact) mass is 618 g/mol. The maximum absolute atomic E-state index is 15.1. The average molecular weight is 619 g/mol. The zero-order chi connectivity index (χ0) is 32.5. The van der Waals surface area contributed by atoms with E-state index in [0.29, 0.717) is 33.7 Å². The van der Waals surface area contributed by atoms with Gasteiger partial charge in [-0.05, 0) is 64.3 Å². The highest BCUT2D eigenvalue weighted by Gasteiger charge is 2.31. The molecule has 2 aromatic heterocycles. The number of carbonyl (C=O) groups is 2. The van der Waals surface area contributed by atoms with E-state index in [1.165, 1.54) is 42.3 Å². The van der Waals surface area contributed by atoms with E-state index >= 15 is 4.39 Å². The van der Waals surface area contributed by atoms with Crippen molar-refractivity contribution in [3.05, 3.63) is 41.7 Å². The molecule has 12 nitrogen and oxygen atoms in total. The van der Waals surface area contributed by atoms with E-state index in [2.05, 4.69) is 21.8 Å². The van der Waals surface area contributed by atoms with Gasteiger partial charge in [0.1, 0.15) is 34.4 Å². The van der Waals surface area contributed by atoms with E-state index in [9.17, 15) is 14.9 Å². The van der Waals surface area contributed by atoms with Crippen molar-refractivity contribution >= 4 is 45.5 Å². The lowest BCUT2D eigenvalue weighted by atomic mass is 9.97. The number of aromatic nitrogens is 3. The van der Waals surface area contributed by atoms with Gasteiger partial charge in [0, 0.05) is 31.6 Å². The van der Waals surface area contributed by atoms with Crippen LogP contribution in [0.15, 0.2) is 30.3 Å². The summed E-state index contributed by atoms with van der Waals surface area (Å²) in [5.74, 6) is 0.356. The van der Waals surface area contributed by atoms with Crippen LogP contribution in [0.1, 0.15) is 46.6 Å². The molecule has 1 aliphatic rings. The first-order valence-corrected chi connectivity index (χ1v) is 14.6. The van der Waals surface area contributed by atoms with Crippen LogP contribution >= 0.6 is 0 Å². The number of benzene rings is 2. The first kappa shape index (κ1) is 31.3. The van der Waals surface area contributed by atoms with Gasteiger partial charge in [-0.15, -0.1) is 0 Å². The number of rotatable bonds is 9. The molecule has 2 aromatic carbocycles. The van der Waals surface area contributed by atoms with Crippen LogP contribution in [0.3, 0.4) is 0 Å². The molecule has 1 N–H and O–H groups in total. The van der Waals surface area contributed by atoms with Crippen LogP contribution in [-0.4, -0.2) is 66.0 Å². The number of nitriles is 1. The van der Waals surface area contributed by atoms with Gasteiger partial charge in [0.2, 0.25) is 0 Å². The van der Waals surface area contributed by atoms with Gasteiger partial charge in [0.25, 0.3) is 0 Å². The fourth-order valence-electron chi connectivity index (χ4n) is 5.00. The first-order chi connectivity index (χ1) is 21.4. The highest BCUT2D eigenvalue weighted by atomic mass is 19.1. The van der Waals surface area contributed by atoms with Gasteiger partial charge >= 0.3 is 18.1 Å². The molecule has 0 unspecified atom stereocenters. The van der Waals surface area contributed by atoms with E-state index in [1.54, 1.807) is 27.7 Å². The molecular weight excluding hydrogens is 583 g/mol. The van der Waals surface area contributed by atoms with Crippen LogP contribution in [0.2, 0.25) is 0 Å². The number of ether oxygens (including phenoxy) is 4. The summed E-state index contributed by atoms with van der Waals surface area (Å²) in [6.45, 7) is 10.4. The lowest BCUT2D eigenvalue weighted by Crippen LogP contribution is -2.46. The first-order valence-electron chi connectivity index (χ1n) is 14.6. The molecular formula is C32H35FN6O6. The summed E-state index contributed by atoms with van der Waals surface area (Å²) in [4.78, 5) is 40.6. The van der Waals surface area contributed by atoms with Gasteiger partial charge in [0.15, 0.2) is 6.61 Å². The van der Waals surface area contributed by atoms with Crippen molar-refractivity contribution < 1.29 is 32.9 Å². The standard InChI is InChI=1S/C32H35FN6O6/c1-7-18-15-39(16-18)29-26-23-11-20(33)12-24(38(6)31(41)45-32(3,4)5)27(23)35-28(26)36-30(37-29)44-22-10-19(14-34)9-21(13-22)43-17-25(40)42-8-2/h9-13,18H,7-8,15-17H2,1-6H3,(H,35,36,37). The van der Waals surface area contributed by atoms with Crippen molar-refractivity contribution in [2.24, 2.45) is 5.92 Å². The summed E-state index contributed by atoms with van der Waals surface area (Å²) in [6, 6.07) is 9.14. The molecule has 5 rings (SSSR count). The van der Waals surface area contributed by atoms with E-state index < -0.39 is 23.5 Å². The number of fused-ring (bicyclic) bond motifs is 3. The SMILES string of the molecule is CCOC(=O)COc1cc(C#N)cc(Oc2nc(N3CC(CC)C3)c3c(n2)[nH]c2c(N(C)C(=O)OC(C)(C)C)cc(F)cc23)c1.